The maximum absolute atomic E-state index is 12.1. The molecule has 128 valence electrons. The molecule has 1 aromatic carbocycles. The van der Waals surface area contributed by atoms with Crippen LogP contribution in [0.3, 0.4) is 0 Å². The number of aromatic nitrogens is 1. The second-order valence-electron chi connectivity index (χ2n) is 5.54. The summed E-state index contributed by atoms with van der Waals surface area (Å²) in [6, 6.07) is 5.68. The van der Waals surface area contributed by atoms with Gasteiger partial charge in [0.1, 0.15) is 17.8 Å². The highest BCUT2D eigenvalue weighted by Crippen LogP contribution is 2.31. The fraction of sp³-hybridized carbons (Fsp3) is 0.471. The predicted molar refractivity (Wildman–Crippen MR) is 90.9 cm³/mol. The third kappa shape index (κ3) is 3.51. The third-order valence-corrected chi connectivity index (χ3v) is 4.73. The van der Waals surface area contributed by atoms with Crippen molar-refractivity contribution in [3.8, 4) is 5.75 Å². The van der Waals surface area contributed by atoms with Crippen molar-refractivity contribution in [2.24, 2.45) is 10.9 Å². The highest BCUT2D eigenvalue weighted by atomic mass is 32.1. The smallest absolute Gasteiger partial charge is 0.326 e. The summed E-state index contributed by atoms with van der Waals surface area (Å²) in [5.74, 6) is 0.245. The summed E-state index contributed by atoms with van der Waals surface area (Å²) in [6.07, 6.45) is 1.80. The van der Waals surface area contributed by atoms with Crippen LogP contribution < -0.4 is 9.54 Å². The van der Waals surface area contributed by atoms with Crippen LogP contribution in [0.5, 0.6) is 5.75 Å². The van der Waals surface area contributed by atoms with E-state index in [1.165, 1.54) is 11.3 Å². The average Bonchev–Trinajstić information content (AvgIpc) is 3.34. The molecule has 24 heavy (non-hydrogen) atoms. The quantitative estimate of drug-likeness (QED) is 0.752. The number of carbonyl (C=O) groups excluding carboxylic acids is 2. The molecule has 0 unspecified atom stereocenters. The Hall–Kier alpha value is -2.15. The average molecular weight is 348 g/mol. The molecule has 0 bridgehead atoms. The zero-order chi connectivity index (χ0) is 17.1. The van der Waals surface area contributed by atoms with E-state index < -0.39 is 0 Å². The predicted octanol–water partition coefficient (Wildman–Crippen LogP) is 2.50. The lowest BCUT2D eigenvalue weighted by Crippen LogP contribution is -2.23. The number of ether oxygens (including phenoxy) is 2. The summed E-state index contributed by atoms with van der Waals surface area (Å²) >= 11 is 1.39. The van der Waals surface area contributed by atoms with Crippen LogP contribution in [-0.4, -0.2) is 29.7 Å². The highest BCUT2D eigenvalue weighted by molar-refractivity contribution is 7.16. The molecule has 0 radical (unpaired) electrons. The molecule has 1 amide bonds. The molecule has 3 rings (SSSR count). The maximum atomic E-state index is 12.1. The maximum Gasteiger partial charge on any atom is 0.326 e. The number of esters is 1. The Morgan fingerprint density at radius 2 is 2.08 bits per heavy atom. The first-order valence-corrected chi connectivity index (χ1v) is 8.95. The normalized spacial score (nSPS) is 14.8. The number of rotatable bonds is 6. The summed E-state index contributed by atoms with van der Waals surface area (Å²) in [5, 5.41) is 0. The number of carbonyl (C=O) groups is 2. The first-order valence-electron chi connectivity index (χ1n) is 8.13. The van der Waals surface area contributed by atoms with E-state index >= 15 is 0 Å². The largest absolute Gasteiger partial charge is 0.492 e. The van der Waals surface area contributed by atoms with Gasteiger partial charge in [-0.25, -0.2) is 0 Å². The van der Waals surface area contributed by atoms with Gasteiger partial charge in [-0.15, -0.1) is 0 Å². The molecule has 1 aliphatic carbocycles. The van der Waals surface area contributed by atoms with Crippen LogP contribution in [0.2, 0.25) is 0 Å². The van der Waals surface area contributed by atoms with Gasteiger partial charge >= 0.3 is 5.97 Å². The Morgan fingerprint density at radius 1 is 1.29 bits per heavy atom. The topological polar surface area (TPSA) is 69.9 Å². The molecule has 6 nitrogen and oxygen atoms in total. The van der Waals surface area contributed by atoms with Crippen LogP contribution in [0.25, 0.3) is 10.2 Å². The van der Waals surface area contributed by atoms with Gasteiger partial charge < -0.3 is 14.0 Å². The number of amides is 1. The summed E-state index contributed by atoms with van der Waals surface area (Å²) in [5.41, 5.74) is 0.778. The van der Waals surface area contributed by atoms with Crippen LogP contribution in [0.1, 0.15) is 26.7 Å². The van der Waals surface area contributed by atoms with Crippen LogP contribution in [0.4, 0.5) is 0 Å². The first-order chi connectivity index (χ1) is 11.6. The van der Waals surface area contributed by atoms with E-state index in [0.29, 0.717) is 23.8 Å². The highest BCUT2D eigenvalue weighted by Gasteiger charge is 2.29. The number of para-hydroxylation sites is 1. The molecule has 2 aromatic rings. The van der Waals surface area contributed by atoms with Gasteiger partial charge in [0, 0.05) is 5.92 Å². The molecule has 1 aliphatic rings. The number of hydrogen-bond acceptors (Lipinski definition) is 5. The fourth-order valence-electron chi connectivity index (χ4n) is 2.45. The van der Waals surface area contributed by atoms with Gasteiger partial charge in [-0.3, -0.25) is 9.59 Å². The second-order valence-corrected chi connectivity index (χ2v) is 6.55. The van der Waals surface area contributed by atoms with Crippen molar-refractivity contribution in [2.75, 3.05) is 13.2 Å². The van der Waals surface area contributed by atoms with Gasteiger partial charge in [-0.1, -0.05) is 17.4 Å². The minimum Gasteiger partial charge on any atom is -0.492 e. The molecule has 1 saturated carbocycles. The van der Waals surface area contributed by atoms with Crippen molar-refractivity contribution in [3.05, 3.63) is 23.0 Å². The molecule has 1 fully saturated rings. The molecule has 1 aromatic heterocycles. The lowest BCUT2D eigenvalue weighted by atomic mass is 10.3. The Balaban J connectivity index is 2.13. The number of hydrogen-bond donors (Lipinski definition) is 0. The Bertz CT molecular complexity index is 833. The van der Waals surface area contributed by atoms with Crippen molar-refractivity contribution in [1.29, 1.82) is 0 Å². The summed E-state index contributed by atoms with van der Waals surface area (Å²) in [6.45, 7) is 4.51. The van der Waals surface area contributed by atoms with Crippen molar-refractivity contribution in [3.63, 3.8) is 0 Å². The van der Waals surface area contributed by atoms with E-state index in [4.69, 9.17) is 9.47 Å². The zero-order valence-corrected chi connectivity index (χ0v) is 14.6. The van der Waals surface area contributed by atoms with Gasteiger partial charge in [0.05, 0.1) is 17.9 Å². The molecule has 1 heterocycles. The molecule has 7 heteroatoms. The summed E-state index contributed by atoms with van der Waals surface area (Å²) in [7, 11) is 0. The van der Waals surface area contributed by atoms with Gasteiger partial charge in [0.2, 0.25) is 0 Å². The fourth-order valence-corrected chi connectivity index (χ4v) is 3.51. The third-order valence-electron chi connectivity index (χ3n) is 3.69. The van der Waals surface area contributed by atoms with Crippen molar-refractivity contribution in [2.45, 2.75) is 33.2 Å². The SMILES string of the molecule is CCOC(=O)Cn1c(=NC(=O)C2CC2)sc2cccc(OCC)c21. The van der Waals surface area contributed by atoms with Gasteiger partial charge in [0.15, 0.2) is 4.80 Å². The molecule has 0 N–H and O–H groups in total. The Kier molecular flexibility index (Phi) is 4.99. The van der Waals surface area contributed by atoms with E-state index in [0.717, 1.165) is 23.1 Å². The van der Waals surface area contributed by atoms with Crippen molar-refractivity contribution >= 4 is 33.4 Å². The molecular formula is C17H20N2O4S. The van der Waals surface area contributed by atoms with E-state index in [1.54, 1.807) is 11.5 Å². The minimum atomic E-state index is -0.358. The van der Waals surface area contributed by atoms with Gasteiger partial charge in [0.25, 0.3) is 5.91 Å². The molecule has 0 saturated heterocycles. The van der Waals surface area contributed by atoms with E-state index in [-0.39, 0.29) is 24.3 Å². The van der Waals surface area contributed by atoms with E-state index in [2.05, 4.69) is 4.99 Å². The van der Waals surface area contributed by atoms with E-state index in [1.807, 2.05) is 25.1 Å². The van der Waals surface area contributed by atoms with Gasteiger partial charge in [-0.2, -0.15) is 4.99 Å². The van der Waals surface area contributed by atoms with E-state index in [9.17, 15) is 9.59 Å². The van der Waals surface area contributed by atoms with Crippen LogP contribution in [0, 0.1) is 5.92 Å². The number of nitrogens with zero attached hydrogens (tertiary/aromatic N) is 2. The standard InChI is InChI=1S/C17H20N2O4S/c1-3-22-12-6-5-7-13-15(12)19(10-14(20)23-4-2)17(24-13)18-16(21)11-8-9-11/h5-7,11H,3-4,8-10H2,1-2H3. The lowest BCUT2D eigenvalue weighted by molar-refractivity contribution is -0.143. The molecule has 0 spiro atoms. The minimum absolute atomic E-state index is 0.00864. The van der Waals surface area contributed by atoms with Crippen molar-refractivity contribution in [1.82, 2.24) is 4.57 Å². The molecular weight excluding hydrogens is 328 g/mol. The van der Waals surface area contributed by atoms with Gasteiger partial charge in [-0.05, 0) is 38.8 Å². The van der Waals surface area contributed by atoms with Crippen LogP contribution >= 0.6 is 11.3 Å². The summed E-state index contributed by atoms with van der Waals surface area (Å²) in [4.78, 5) is 28.9. The summed E-state index contributed by atoms with van der Waals surface area (Å²) < 4.78 is 13.4. The Labute approximate surface area is 143 Å². The Morgan fingerprint density at radius 3 is 2.75 bits per heavy atom. The second kappa shape index (κ2) is 7.17. The molecule has 0 aliphatic heterocycles. The number of benzene rings is 1. The monoisotopic (exact) mass is 348 g/mol. The van der Waals surface area contributed by atoms with Crippen LogP contribution in [-0.2, 0) is 20.9 Å². The lowest BCUT2D eigenvalue weighted by Gasteiger charge is -2.09. The zero-order valence-electron chi connectivity index (χ0n) is 13.8. The first kappa shape index (κ1) is 16.7. The molecule has 0 atom stereocenters. The van der Waals surface area contributed by atoms with Crippen molar-refractivity contribution < 1.29 is 19.1 Å². The number of fused-ring (bicyclic) bond motifs is 1. The number of thiazole rings is 1. The van der Waals surface area contributed by atoms with Crippen LogP contribution in [0.15, 0.2) is 23.2 Å².